The van der Waals surface area contributed by atoms with Crippen LogP contribution in [0.2, 0.25) is 0 Å². The van der Waals surface area contributed by atoms with Crippen LogP contribution in [0.15, 0.2) is 24.3 Å². The van der Waals surface area contributed by atoms with Crippen LogP contribution in [0, 0.1) is 5.92 Å². The van der Waals surface area contributed by atoms with Gasteiger partial charge in [-0.15, -0.1) is 0 Å². The highest BCUT2D eigenvalue weighted by molar-refractivity contribution is 5.30. The molecule has 2 aliphatic carbocycles. The molecule has 0 radical (unpaired) electrons. The Balaban J connectivity index is 1.42. The van der Waals surface area contributed by atoms with Crippen LogP contribution < -0.4 is 5.32 Å². The summed E-state index contributed by atoms with van der Waals surface area (Å²) in [5.41, 5.74) is -0.675. The fourth-order valence-electron chi connectivity index (χ4n) is 3.75. The second-order valence-corrected chi connectivity index (χ2v) is 7.89. The highest BCUT2D eigenvalue weighted by Gasteiger charge is 2.41. The molecule has 6 heteroatoms. The maximum atomic E-state index is 12.8. The lowest BCUT2D eigenvalue weighted by atomic mass is 9.75. The van der Waals surface area contributed by atoms with Crippen LogP contribution in [0.4, 0.5) is 13.2 Å². The van der Waals surface area contributed by atoms with Crippen molar-refractivity contribution in [3.05, 3.63) is 35.4 Å². The smallest absolute Gasteiger partial charge is 0.392 e. The monoisotopic (exact) mass is 357 g/mol. The van der Waals surface area contributed by atoms with Crippen molar-refractivity contribution in [3.8, 4) is 0 Å². The van der Waals surface area contributed by atoms with Crippen LogP contribution in [0.25, 0.3) is 0 Å². The zero-order valence-corrected chi connectivity index (χ0v) is 14.4. The number of alkyl halides is 3. The van der Waals surface area contributed by atoms with Crippen molar-refractivity contribution in [3.63, 3.8) is 0 Å². The molecule has 0 aliphatic heterocycles. The first-order chi connectivity index (χ1) is 11.6. The first kappa shape index (κ1) is 18.7. The molecule has 2 atom stereocenters. The number of halogens is 3. The van der Waals surface area contributed by atoms with Gasteiger partial charge in [-0.2, -0.15) is 13.2 Å². The van der Waals surface area contributed by atoms with Crippen LogP contribution in [-0.2, 0) is 6.18 Å². The molecule has 3 rings (SSSR count). The number of aliphatic hydroxyl groups is 2. The third kappa shape index (κ3) is 4.74. The molecule has 1 aromatic rings. The highest BCUT2D eigenvalue weighted by atomic mass is 19.4. The molecule has 3 N–H and O–H groups in total. The molecule has 140 valence electrons. The zero-order chi connectivity index (χ0) is 18.2. The van der Waals surface area contributed by atoms with Crippen molar-refractivity contribution in [2.24, 2.45) is 5.92 Å². The SMILES string of the molecule is CC(O)(CC(O)CNC1CC(c2cccc(C(F)(F)F)c2)C1)C1CC1. The lowest BCUT2D eigenvalue weighted by Gasteiger charge is -2.37. The van der Waals surface area contributed by atoms with E-state index < -0.39 is 23.4 Å². The van der Waals surface area contributed by atoms with Gasteiger partial charge in [-0.25, -0.2) is 0 Å². The second kappa shape index (κ2) is 6.89. The summed E-state index contributed by atoms with van der Waals surface area (Å²) in [4.78, 5) is 0. The van der Waals surface area contributed by atoms with Crippen molar-refractivity contribution in [2.45, 2.75) is 68.9 Å². The summed E-state index contributed by atoms with van der Waals surface area (Å²) in [5, 5.41) is 23.6. The standard InChI is InChI=1S/C19H26F3NO2/c1-18(25,14-5-6-14)10-17(24)11-23-16-8-13(9-16)12-3-2-4-15(7-12)19(20,21)22/h2-4,7,13-14,16-17,23-25H,5-6,8-11H2,1H3. The number of rotatable bonds is 7. The summed E-state index contributed by atoms with van der Waals surface area (Å²) in [6, 6.07) is 5.75. The molecule has 2 fully saturated rings. The average Bonchev–Trinajstić information content (AvgIpc) is 3.29. The van der Waals surface area contributed by atoms with Gasteiger partial charge in [-0.05, 0) is 56.1 Å². The van der Waals surface area contributed by atoms with Gasteiger partial charge in [-0.3, -0.25) is 0 Å². The first-order valence-electron chi connectivity index (χ1n) is 8.96. The molecular formula is C19H26F3NO2. The third-order valence-corrected chi connectivity index (χ3v) is 5.57. The molecule has 0 aromatic heterocycles. The van der Waals surface area contributed by atoms with E-state index in [0.717, 1.165) is 37.3 Å². The van der Waals surface area contributed by atoms with Gasteiger partial charge in [0, 0.05) is 19.0 Å². The van der Waals surface area contributed by atoms with E-state index in [4.69, 9.17) is 0 Å². The first-order valence-corrected chi connectivity index (χ1v) is 8.96. The lowest BCUT2D eigenvalue weighted by molar-refractivity contribution is -0.137. The fraction of sp³-hybridized carbons (Fsp3) is 0.684. The minimum atomic E-state index is -4.31. The number of benzene rings is 1. The van der Waals surface area contributed by atoms with E-state index in [1.807, 2.05) is 0 Å². The lowest BCUT2D eigenvalue weighted by Crippen LogP contribution is -2.45. The average molecular weight is 357 g/mol. The minimum absolute atomic E-state index is 0.131. The molecule has 25 heavy (non-hydrogen) atoms. The van der Waals surface area contributed by atoms with Crippen molar-refractivity contribution in [1.82, 2.24) is 5.32 Å². The number of hydrogen-bond acceptors (Lipinski definition) is 3. The van der Waals surface area contributed by atoms with Crippen molar-refractivity contribution in [1.29, 1.82) is 0 Å². The van der Waals surface area contributed by atoms with E-state index in [2.05, 4.69) is 5.32 Å². The van der Waals surface area contributed by atoms with Crippen LogP contribution in [0.5, 0.6) is 0 Å². The predicted molar refractivity (Wildman–Crippen MR) is 89.2 cm³/mol. The van der Waals surface area contributed by atoms with Gasteiger partial charge in [0.15, 0.2) is 0 Å². The zero-order valence-electron chi connectivity index (χ0n) is 14.4. The second-order valence-electron chi connectivity index (χ2n) is 7.89. The Morgan fingerprint density at radius 3 is 2.52 bits per heavy atom. The van der Waals surface area contributed by atoms with Gasteiger partial charge >= 0.3 is 6.18 Å². The molecule has 0 saturated heterocycles. The maximum absolute atomic E-state index is 12.8. The third-order valence-electron chi connectivity index (χ3n) is 5.57. The topological polar surface area (TPSA) is 52.5 Å². The summed E-state index contributed by atoms with van der Waals surface area (Å²) in [5.74, 6) is 0.433. The van der Waals surface area contributed by atoms with Gasteiger partial charge < -0.3 is 15.5 Å². The minimum Gasteiger partial charge on any atom is -0.392 e. The molecular weight excluding hydrogens is 331 g/mol. The maximum Gasteiger partial charge on any atom is 0.416 e. The predicted octanol–water partition coefficient (Wildman–Crippen LogP) is 3.45. The molecule has 0 amide bonds. The quantitative estimate of drug-likeness (QED) is 0.701. The Morgan fingerprint density at radius 2 is 1.92 bits per heavy atom. The Kier molecular flexibility index (Phi) is 5.15. The summed E-state index contributed by atoms with van der Waals surface area (Å²) in [6.07, 6.45) is -0.972. The molecule has 0 spiro atoms. The largest absolute Gasteiger partial charge is 0.416 e. The van der Waals surface area contributed by atoms with Crippen molar-refractivity contribution in [2.75, 3.05) is 6.54 Å². The molecule has 3 nitrogen and oxygen atoms in total. The van der Waals surface area contributed by atoms with Crippen molar-refractivity contribution < 1.29 is 23.4 Å². The van der Waals surface area contributed by atoms with Crippen LogP contribution in [0.3, 0.4) is 0 Å². The number of aliphatic hydroxyl groups excluding tert-OH is 1. The molecule has 0 bridgehead atoms. The van der Waals surface area contributed by atoms with Gasteiger partial charge in [0.25, 0.3) is 0 Å². The van der Waals surface area contributed by atoms with E-state index in [-0.39, 0.29) is 12.0 Å². The Bertz CT molecular complexity index is 593. The Morgan fingerprint density at radius 1 is 1.24 bits per heavy atom. The number of hydrogen-bond donors (Lipinski definition) is 3. The molecule has 2 saturated carbocycles. The van der Waals surface area contributed by atoms with Gasteiger partial charge in [0.1, 0.15) is 0 Å². The summed E-state index contributed by atoms with van der Waals surface area (Å²) < 4.78 is 38.3. The van der Waals surface area contributed by atoms with Crippen LogP contribution >= 0.6 is 0 Å². The molecule has 2 unspecified atom stereocenters. The molecule has 0 heterocycles. The molecule has 2 aliphatic rings. The number of nitrogens with one attached hydrogen (secondary N) is 1. The van der Waals surface area contributed by atoms with E-state index in [1.165, 1.54) is 12.1 Å². The Labute approximate surface area is 146 Å². The summed E-state index contributed by atoms with van der Waals surface area (Å²) in [7, 11) is 0. The van der Waals surface area contributed by atoms with E-state index in [1.54, 1.807) is 13.0 Å². The van der Waals surface area contributed by atoms with Crippen LogP contribution in [-0.4, -0.2) is 34.5 Å². The normalized spacial score (nSPS) is 27.4. The van der Waals surface area contributed by atoms with Gasteiger partial charge in [-0.1, -0.05) is 18.2 Å². The summed E-state index contributed by atoms with van der Waals surface area (Å²) in [6.45, 7) is 2.18. The van der Waals surface area contributed by atoms with E-state index in [9.17, 15) is 23.4 Å². The van der Waals surface area contributed by atoms with E-state index in [0.29, 0.717) is 18.9 Å². The van der Waals surface area contributed by atoms with Crippen LogP contribution in [0.1, 0.15) is 56.1 Å². The fourth-order valence-corrected chi connectivity index (χ4v) is 3.75. The summed E-state index contributed by atoms with van der Waals surface area (Å²) >= 11 is 0. The van der Waals surface area contributed by atoms with Gasteiger partial charge in [0.2, 0.25) is 0 Å². The van der Waals surface area contributed by atoms with Gasteiger partial charge in [0.05, 0.1) is 17.3 Å². The molecule has 1 aromatic carbocycles. The van der Waals surface area contributed by atoms with E-state index >= 15 is 0 Å². The highest BCUT2D eigenvalue weighted by Crippen LogP contribution is 2.42. The Hall–Kier alpha value is -1.11. The van der Waals surface area contributed by atoms with Crippen molar-refractivity contribution >= 4 is 0 Å².